The van der Waals surface area contributed by atoms with Gasteiger partial charge in [-0.25, -0.2) is 9.59 Å². The van der Waals surface area contributed by atoms with E-state index in [9.17, 15) is 19.5 Å². The number of ether oxygens (including phenoxy) is 1. The van der Waals surface area contributed by atoms with Gasteiger partial charge < -0.3 is 20.1 Å². The van der Waals surface area contributed by atoms with Crippen LogP contribution in [0.15, 0.2) is 66.7 Å². The van der Waals surface area contributed by atoms with Crippen LogP contribution in [0.25, 0.3) is 11.1 Å². The van der Waals surface area contributed by atoms with E-state index in [1.807, 2.05) is 37.3 Å². The van der Waals surface area contributed by atoms with Crippen molar-refractivity contribution in [3.8, 4) is 11.1 Å². The molecule has 0 aromatic heterocycles. The Kier molecular flexibility index (Phi) is 5.99. The molecule has 0 saturated carbocycles. The maximum Gasteiger partial charge on any atom is 0.407 e. The van der Waals surface area contributed by atoms with Gasteiger partial charge in [-0.2, -0.15) is 0 Å². The molecule has 0 spiro atoms. The first-order chi connectivity index (χ1) is 17.0. The SMILES string of the molecule is CC[C@@H](NC(=O)OCC1c2ccccc2-c2ccccc21)C(=O)N1Cc2cccc(C(=O)O)c2C1. The lowest BCUT2D eigenvalue weighted by Gasteiger charge is -2.23. The average Bonchev–Trinajstić information content (AvgIpc) is 3.45. The van der Waals surface area contributed by atoms with Crippen LogP contribution < -0.4 is 5.32 Å². The molecule has 3 aromatic rings. The van der Waals surface area contributed by atoms with E-state index in [1.54, 1.807) is 17.0 Å². The minimum absolute atomic E-state index is 0.0635. The van der Waals surface area contributed by atoms with E-state index < -0.39 is 18.1 Å². The van der Waals surface area contributed by atoms with Crippen molar-refractivity contribution in [3.05, 3.63) is 94.5 Å². The Morgan fingerprint density at radius 3 is 2.26 bits per heavy atom. The topological polar surface area (TPSA) is 95.9 Å². The van der Waals surface area contributed by atoms with Gasteiger partial charge in [-0.15, -0.1) is 0 Å². The average molecular weight is 471 g/mol. The number of hydrogen-bond acceptors (Lipinski definition) is 4. The number of carboxylic acids is 1. The molecule has 178 valence electrons. The number of carbonyl (C=O) groups excluding carboxylic acids is 2. The number of carbonyl (C=O) groups is 3. The quantitative estimate of drug-likeness (QED) is 0.551. The standard InChI is InChI=1S/C28H26N2O5/c1-2-25(26(31)30-14-17-8-7-13-22(27(32)33)23(17)15-30)29-28(34)35-16-24-20-11-5-3-9-18(20)19-10-4-6-12-21(19)24/h3-13,24-25H,2,14-16H2,1H3,(H,29,34)(H,32,33)/t25-/m1/s1. The van der Waals surface area contributed by atoms with Crippen molar-refractivity contribution in [1.29, 1.82) is 0 Å². The van der Waals surface area contributed by atoms with E-state index in [0.29, 0.717) is 18.5 Å². The summed E-state index contributed by atoms with van der Waals surface area (Å²) in [5, 5.41) is 12.2. The van der Waals surface area contributed by atoms with Gasteiger partial charge in [0.15, 0.2) is 0 Å². The summed E-state index contributed by atoms with van der Waals surface area (Å²) in [6.07, 6.45) is -0.253. The summed E-state index contributed by atoms with van der Waals surface area (Å²) in [6.45, 7) is 2.51. The summed E-state index contributed by atoms with van der Waals surface area (Å²) in [4.78, 5) is 39.0. The number of fused-ring (bicyclic) bond motifs is 4. The van der Waals surface area contributed by atoms with Gasteiger partial charge in [0.2, 0.25) is 5.91 Å². The third-order valence-corrected chi connectivity index (χ3v) is 6.87. The lowest BCUT2D eigenvalue weighted by molar-refractivity contribution is -0.134. The van der Waals surface area contributed by atoms with Gasteiger partial charge in [-0.1, -0.05) is 67.6 Å². The highest BCUT2D eigenvalue weighted by molar-refractivity contribution is 5.91. The Morgan fingerprint density at radius 2 is 1.63 bits per heavy atom. The fraction of sp³-hybridized carbons (Fsp3) is 0.250. The predicted octanol–water partition coefficient (Wildman–Crippen LogP) is 4.54. The van der Waals surface area contributed by atoms with Crippen molar-refractivity contribution in [1.82, 2.24) is 10.2 Å². The summed E-state index contributed by atoms with van der Waals surface area (Å²) in [7, 11) is 0. The molecule has 0 fully saturated rings. The van der Waals surface area contributed by atoms with Gasteiger partial charge in [0.05, 0.1) is 5.56 Å². The zero-order valence-electron chi connectivity index (χ0n) is 19.4. The second-order valence-electron chi connectivity index (χ2n) is 8.87. The molecule has 0 bridgehead atoms. The minimum Gasteiger partial charge on any atom is -0.478 e. The summed E-state index contributed by atoms with van der Waals surface area (Å²) in [5.41, 5.74) is 6.19. The fourth-order valence-corrected chi connectivity index (χ4v) is 5.12. The van der Waals surface area contributed by atoms with Crippen molar-refractivity contribution in [2.45, 2.75) is 38.4 Å². The Hall–Kier alpha value is -4.13. The molecule has 7 nitrogen and oxygen atoms in total. The molecular formula is C28H26N2O5. The maximum absolute atomic E-state index is 13.2. The van der Waals surface area contributed by atoms with E-state index in [2.05, 4.69) is 29.6 Å². The van der Waals surface area contributed by atoms with Crippen LogP contribution in [0.2, 0.25) is 0 Å². The molecule has 0 unspecified atom stereocenters. The highest BCUT2D eigenvalue weighted by atomic mass is 16.5. The van der Waals surface area contributed by atoms with E-state index in [-0.39, 0.29) is 30.5 Å². The second kappa shape index (κ2) is 9.25. The van der Waals surface area contributed by atoms with Crippen molar-refractivity contribution in [2.75, 3.05) is 6.61 Å². The lowest BCUT2D eigenvalue weighted by atomic mass is 9.98. The Morgan fingerprint density at radius 1 is 0.971 bits per heavy atom. The number of benzene rings is 3. The number of rotatable bonds is 6. The highest BCUT2D eigenvalue weighted by Crippen LogP contribution is 2.44. The summed E-state index contributed by atoms with van der Waals surface area (Å²) in [6, 6.07) is 20.5. The summed E-state index contributed by atoms with van der Waals surface area (Å²) in [5.74, 6) is -1.33. The van der Waals surface area contributed by atoms with Crippen molar-refractivity contribution < 1.29 is 24.2 Å². The molecule has 35 heavy (non-hydrogen) atoms. The van der Waals surface area contributed by atoms with Gasteiger partial charge in [-0.05, 0) is 45.9 Å². The van der Waals surface area contributed by atoms with Gasteiger partial charge in [0.25, 0.3) is 0 Å². The largest absolute Gasteiger partial charge is 0.478 e. The van der Waals surface area contributed by atoms with E-state index in [0.717, 1.165) is 27.8 Å². The van der Waals surface area contributed by atoms with Crippen LogP contribution in [0.1, 0.15) is 51.9 Å². The number of alkyl carbamates (subject to hydrolysis) is 1. The molecule has 1 atom stereocenters. The van der Waals surface area contributed by atoms with Gasteiger partial charge in [-0.3, -0.25) is 4.79 Å². The van der Waals surface area contributed by atoms with Crippen molar-refractivity contribution in [2.24, 2.45) is 0 Å². The molecular weight excluding hydrogens is 444 g/mol. The molecule has 0 radical (unpaired) electrons. The van der Waals surface area contributed by atoms with E-state index in [4.69, 9.17) is 4.74 Å². The van der Waals surface area contributed by atoms with Crippen LogP contribution in [0.3, 0.4) is 0 Å². The molecule has 2 N–H and O–H groups in total. The number of aromatic carboxylic acids is 1. The first-order valence-electron chi connectivity index (χ1n) is 11.7. The molecule has 0 saturated heterocycles. The predicted molar refractivity (Wildman–Crippen MR) is 130 cm³/mol. The summed E-state index contributed by atoms with van der Waals surface area (Å²) < 4.78 is 5.60. The van der Waals surface area contributed by atoms with Crippen LogP contribution in [-0.4, -0.2) is 40.6 Å². The lowest BCUT2D eigenvalue weighted by Crippen LogP contribution is -2.47. The first-order valence-corrected chi connectivity index (χ1v) is 11.7. The van der Waals surface area contributed by atoms with Crippen LogP contribution in [0, 0.1) is 0 Å². The zero-order valence-corrected chi connectivity index (χ0v) is 19.4. The van der Waals surface area contributed by atoms with Crippen LogP contribution in [0.4, 0.5) is 4.79 Å². The zero-order chi connectivity index (χ0) is 24.5. The van der Waals surface area contributed by atoms with Gasteiger partial charge in [0.1, 0.15) is 12.6 Å². The monoisotopic (exact) mass is 470 g/mol. The third-order valence-electron chi connectivity index (χ3n) is 6.87. The smallest absolute Gasteiger partial charge is 0.407 e. The second-order valence-corrected chi connectivity index (χ2v) is 8.87. The first kappa shape index (κ1) is 22.7. The highest BCUT2D eigenvalue weighted by Gasteiger charge is 2.33. The fourth-order valence-electron chi connectivity index (χ4n) is 5.12. The van der Waals surface area contributed by atoms with E-state index >= 15 is 0 Å². The Balaban J connectivity index is 1.23. The van der Waals surface area contributed by atoms with Crippen LogP contribution in [-0.2, 0) is 22.6 Å². The third kappa shape index (κ3) is 4.14. The van der Waals surface area contributed by atoms with E-state index in [1.165, 1.54) is 0 Å². The van der Waals surface area contributed by atoms with Gasteiger partial charge >= 0.3 is 12.1 Å². The Labute approximate surface area is 203 Å². The molecule has 1 heterocycles. The molecule has 2 amide bonds. The normalized spacial score (nSPS) is 14.6. The molecule has 5 rings (SSSR count). The number of hydrogen-bond donors (Lipinski definition) is 2. The molecule has 1 aliphatic heterocycles. The van der Waals surface area contributed by atoms with Gasteiger partial charge in [0, 0.05) is 19.0 Å². The number of amides is 2. The summed E-state index contributed by atoms with van der Waals surface area (Å²) >= 11 is 0. The van der Waals surface area contributed by atoms with Crippen molar-refractivity contribution >= 4 is 18.0 Å². The molecule has 1 aliphatic carbocycles. The molecule has 2 aliphatic rings. The van der Waals surface area contributed by atoms with Crippen LogP contribution in [0.5, 0.6) is 0 Å². The van der Waals surface area contributed by atoms with Crippen LogP contribution >= 0.6 is 0 Å². The molecule has 3 aromatic carbocycles. The minimum atomic E-state index is -1.01. The number of carboxylic acid groups (broad SMARTS) is 1. The number of nitrogens with one attached hydrogen (secondary N) is 1. The number of nitrogens with zero attached hydrogens (tertiary/aromatic N) is 1. The maximum atomic E-state index is 13.2. The van der Waals surface area contributed by atoms with Crippen molar-refractivity contribution in [3.63, 3.8) is 0 Å². The Bertz CT molecular complexity index is 1270. The molecule has 7 heteroatoms.